The lowest BCUT2D eigenvalue weighted by Gasteiger charge is -2.26. The third-order valence-electron chi connectivity index (χ3n) is 11.0. The summed E-state index contributed by atoms with van der Waals surface area (Å²) in [6.45, 7) is 0. The molecule has 0 aliphatic rings. The molecule has 11 rings (SSSR count). The Labute approximate surface area is 334 Å². The van der Waals surface area contributed by atoms with E-state index >= 15 is 0 Å². The minimum absolute atomic E-state index is 1.07. The fourth-order valence-electron chi connectivity index (χ4n) is 8.30. The summed E-state index contributed by atoms with van der Waals surface area (Å²) in [4.78, 5) is 11.0. The lowest BCUT2D eigenvalue weighted by Crippen LogP contribution is -2.10. The van der Waals surface area contributed by atoms with E-state index in [-0.39, 0.29) is 0 Å². The number of thiophene rings is 1. The van der Waals surface area contributed by atoms with E-state index in [4.69, 9.17) is 0 Å². The molecule has 57 heavy (non-hydrogen) atoms. The largest absolute Gasteiger partial charge is 0.310 e. The van der Waals surface area contributed by atoms with Crippen molar-refractivity contribution in [3.05, 3.63) is 207 Å². The van der Waals surface area contributed by atoms with Crippen molar-refractivity contribution in [1.82, 2.24) is 14.5 Å². The Morgan fingerprint density at radius 1 is 0.386 bits per heavy atom. The standard InChI is InChI=1S/C52H34N4S/c1-3-15-47-44(13-1)46-32-38(23-28-48(46)56(47)49-16-6-18-51-52(49)45-14-2-4-17-50(45)57-51)37-9-5-12-43(31-37)55(41-24-19-35(20-25-41)39-10-7-29-53-33-39)42-26-21-36(22-27-42)40-11-8-30-54-34-40/h1-34H. The third-order valence-corrected chi connectivity index (χ3v) is 12.1. The van der Waals surface area contributed by atoms with Crippen molar-refractivity contribution in [1.29, 1.82) is 0 Å². The van der Waals surface area contributed by atoms with Crippen molar-refractivity contribution in [2.24, 2.45) is 0 Å². The molecule has 0 atom stereocenters. The molecule has 0 saturated heterocycles. The van der Waals surface area contributed by atoms with E-state index in [0.717, 1.165) is 44.9 Å². The molecule has 4 heterocycles. The quantitative estimate of drug-likeness (QED) is 0.163. The zero-order valence-electron chi connectivity index (χ0n) is 30.8. The van der Waals surface area contributed by atoms with Crippen LogP contribution >= 0.6 is 11.3 Å². The fourth-order valence-corrected chi connectivity index (χ4v) is 9.43. The average molecular weight is 747 g/mol. The molecule has 0 spiro atoms. The van der Waals surface area contributed by atoms with Crippen LogP contribution in [0.1, 0.15) is 0 Å². The SMILES string of the molecule is c1cncc(-c2ccc(N(c3ccc(-c4cccnc4)cc3)c3cccc(-c4ccc5c(c4)c4ccccc4n5-c4cccc5sc6ccccc6c45)c3)cc2)c1. The molecule has 0 unspecified atom stereocenters. The van der Waals surface area contributed by atoms with Crippen molar-refractivity contribution in [3.63, 3.8) is 0 Å². The minimum Gasteiger partial charge on any atom is -0.310 e. The van der Waals surface area contributed by atoms with Crippen molar-refractivity contribution >= 4 is 70.4 Å². The van der Waals surface area contributed by atoms with Gasteiger partial charge in [0.05, 0.1) is 16.7 Å². The van der Waals surface area contributed by atoms with Gasteiger partial charge in [-0.1, -0.05) is 97.1 Å². The van der Waals surface area contributed by atoms with E-state index in [9.17, 15) is 0 Å². The summed E-state index contributed by atoms with van der Waals surface area (Å²) in [5, 5.41) is 5.08. The molecular weight excluding hydrogens is 713 g/mol. The Morgan fingerprint density at radius 3 is 1.67 bits per heavy atom. The van der Waals surface area contributed by atoms with E-state index in [1.54, 1.807) is 0 Å². The van der Waals surface area contributed by atoms with E-state index in [2.05, 4.69) is 189 Å². The summed E-state index contributed by atoms with van der Waals surface area (Å²) in [5.74, 6) is 0. The lowest BCUT2D eigenvalue weighted by atomic mass is 10.0. The number of nitrogens with zero attached hydrogens (tertiary/aromatic N) is 4. The van der Waals surface area contributed by atoms with Gasteiger partial charge in [0.1, 0.15) is 0 Å². The normalized spacial score (nSPS) is 11.5. The molecular formula is C52H34N4S. The van der Waals surface area contributed by atoms with E-state index in [1.807, 2.05) is 48.3 Å². The second-order valence-corrected chi connectivity index (χ2v) is 15.4. The first-order valence-electron chi connectivity index (χ1n) is 19.1. The Bertz CT molecular complexity index is 3140. The number of rotatable bonds is 7. The van der Waals surface area contributed by atoms with Gasteiger partial charge < -0.3 is 9.47 Å². The maximum Gasteiger partial charge on any atom is 0.0555 e. The van der Waals surface area contributed by atoms with Crippen molar-refractivity contribution < 1.29 is 0 Å². The van der Waals surface area contributed by atoms with Gasteiger partial charge in [-0.3, -0.25) is 9.97 Å². The third kappa shape index (κ3) is 5.76. The van der Waals surface area contributed by atoms with Crippen LogP contribution in [0.15, 0.2) is 207 Å². The molecule has 268 valence electrons. The lowest BCUT2D eigenvalue weighted by molar-refractivity contribution is 1.20. The molecule has 0 N–H and O–H groups in total. The van der Waals surface area contributed by atoms with E-state index < -0.39 is 0 Å². The minimum atomic E-state index is 1.07. The molecule has 0 aliphatic heterocycles. The van der Waals surface area contributed by atoms with Gasteiger partial charge in [0.2, 0.25) is 0 Å². The topological polar surface area (TPSA) is 34.0 Å². The van der Waals surface area contributed by atoms with Crippen LogP contribution in [0.3, 0.4) is 0 Å². The molecule has 0 fully saturated rings. The van der Waals surface area contributed by atoms with Crippen molar-refractivity contribution in [3.8, 4) is 39.1 Å². The highest BCUT2D eigenvalue weighted by molar-refractivity contribution is 7.25. The Hall–Kier alpha value is -7.34. The first kappa shape index (κ1) is 33.0. The predicted octanol–water partition coefficient (Wildman–Crippen LogP) is 14.4. The highest BCUT2D eigenvalue weighted by Gasteiger charge is 2.19. The van der Waals surface area contributed by atoms with Crippen LogP contribution < -0.4 is 4.90 Å². The van der Waals surface area contributed by atoms with Gasteiger partial charge >= 0.3 is 0 Å². The van der Waals surface area contributed by atoms with Crippen LogP contribution in [0.4, 0.5) is 17.1 Å². The molecule has 11 aromatic rings. The molecule has 0 aliphatic carbocycles. The Balaban J connectivity index is 1.04. The number of benzene rings is 7. The molecule has 0 saturated carbocycles. The maximum absolute atomic E-state index is 4.34. The van der Waals surface area contributed by atoms with Crippen molar-refractivity contribution in [2.75, 3.05) is 4.90 Å². The van der Waals surface area contributed by atoms with Crippen LogP contribution in [0.2, 0.25) is 0 Å². The number of anilines is 3. The molecule has 4 nitrogen and oxygen atoms in total. The molecule has 0 radical (unpaired) electrons. The number of hydrogen-bond acceptors (Lipinski definition) is 4. The number of hydrogen-bond donors (Lipinski definition) is 0. The van der Waals surface area contributed by atoms with E-state index in [1.165, 1.54) is 53.2 Å². The van der Waals surface area contributed by atoms with Gasteiger partial charge in [-0.05, 0) is 118 Å². The number of aromatic nitrogens is 3. The van der Waals surface area contributed by atoms with Crippen LogP contribution in [0, 0.1) is 0 Å². The van der Waals surface area contributed by atoms with Gasteiger partial charge in [0.15, 0.2) is 0 Å². The monoisotopic (exact) mass is 746 g/mol. The Kier molecular flexibility index (Phi) is 7.97. The highest BCUT2D eigenvalue weighted by Crippen LogP contribution is 2.43. The first-order valence-corrected chi connectivity index (χ1v) is 19.9. The highest BCUT2D eigenvalue weighted by atomic mass is 32.1. The van der Waals surface area contributed by atoms with E-state index in [0.29, 0.717) is 0 Å². The number of pyridine rings is 2. The second kappa shape index (κ2) is 13.7. The summed E-state index contributed by atoms with van der Waals surface area (Å²) in [5.41, 5.74) is 13.6. The molecule has 0 bridgehead atoms. The second-order valence-electron chi connectivity index (χ2n) is 14.3. The van der Waals surface area contributed by atoms with Crippen LogP contribution in [0.25, 0.3) is 81.0 Å². The maximum atomic E-state index is 4.34. The number of fused-ring (bicyclic) bond motifs is 6. The number of para-hydroxylation sites is 1. The van der Waals surface area contributed by atoms with Gasteiger partial charge in [-0.15, -0.1) is 11.3 Å². The van der Waals surface area contributed by atoms with Crippen LogP contribution in [0.5, 0.6) is 0 Å². The summed E-state index contributed by atoms with van der Waals surface area (Å²) < 4.78 is 5.07. The molecule has 5 heteroatoms. The summed E-state index contributed by atoms with van der Waals surface area (Å²) in [7, 11) is 0. The summed E-state index contributed by atoms with van der Waals surface area (Å²) in [6.07, 6.45) is 7.44. The summed E-state index contributed by atoms with van der Waals surface area (Å²) in [6, 6.07) is 65.8. The van der Waals surface area contributed by atoms with Crippen molar-refractivity contribution in [2.45, 2.75) is 0 Å². The van der Waals surface area contributed by atoms with Gasteiger partial charge in [-0.2, -0.15) is 0 Å². The van der Waals surface area contributed by atoms with Crippen LogP contribution in [-0.4, -0.2) is 14.5 Å². The smallest absolute Gasteiger partial charge is 0.0555 e. The average Bonchev–Trinajstić information content (AvgIpc) is 3.83. The molecule has 0 amide bonds. The predicted molar refractivity (Wildman–Crippen MR) is 240 cm³/mol. The Morgan fingerprint density at radius 2 is 0.965 bits per heavy atom. The van der Waals surface area contributed by atoms with Crippen LogP contribution in [-0.2, 0) is 0 Å². The van der Waals surface area contributed by atoms with Gasteiger partial charge in [0, 0.05) is 72.8 Å². The van der Waals surface area contributed by atoms with Gasteiger partial charge in [0.25, 0.3) is 0 Å². The van der Waals surface area contributed by atoms with Gasteiger partial charge in [-0.25, -0.2) is 0 Å². The fraction of sp³-hybridized carbons (Fsp3) is 0. The summed E-state index contributed by atoms with van der Waals surface area (Å²) >= 11 is 1.86. The molecule has 7 aromatic carbocycles. The molecule has 4 aromatic heterocycles. The zero-order chi connectivity index (χ0) is 37.7. The first-order chi connectivity index (χ1) is 28.3. The zero-order valence-corrected chi connectivity index (χ0v) is 31.6.